The molecule has 1 N–H and O–H groups in total. The Morgan fingerprint density at radius 2 is 1.88 bits per heavy atom. The highest BCUT2D eigenvalue weighted by atomic mass is 16.5. The van der Waals surface area contributed by atoms with Crippen molar-refractivity contribution >= 4 is 0 Å². The Balaban J connectivity index is 2.37. The first-order valence-electron chi connectivity index (χ1n) is 5.89. The number of phenolic OH excluding ortho intramolecular Hbond substituents is 1. The third kappa shape index (κ3) is 2.49. The molecule has 2 heteroatoms. The van der Waals surface area contributed by atoms with Gasteiger partial charge >= 0.3 is 0 Å². The van der Waals surface area contributed by atoms with Crippen molar-refractivity contribution in [3.63, 3.8) is 0 Å². The van der Waals surface area contributed by atoms with Crippen LogP contribution in [0.4, 0.5) is 0 Å². The Bertz CT molecular complexity index is 398. The van der Waals surface area contributed by atoms with E-state index in [-0.39, 0.29) is 5.60 Å². The fourth-order valence-corrected chi connectivity index (χ4v) is 1.82. The van der Waals surface area contributed by atoms with Crippen LogP contribution in [0.1, 0.15) is 50.7 Å². The molecule has 0 amide bonds. The maximum atomic E-state index is 9.74. The molecule has 0 spiro atoms. The van der Waals surface area contributed by atoms with Gasteiger partial charge in [0.15, 0.2) is 0 Å². The molecule has 1 aromatic carbocycles. The topological polar surface area (TPSA) is 29.5 Å². The van der Waals surface area contributed by atoms with Gasteiger partial charge in [-0.15, -0.1) is 0 Å². The third-order valence-electron chi connectivity index (χ3n) is 2.76. The highest BCUT2D eigenvalue weighted by Crippen LogP contribution is 2.46. The maximum Gasteiger partial charge on any atom is 0.124 e. The standard InChI is InChI=1S/C14H20O2/c1-9-7-13(16-14(2,3)4)11(8-12(9)15)10-5-6-10/h7-8,10,15H,5-6H2,1-4H3. The molecular weight excluding hydrogens is 200 g/mol. The Morgan fingerprint density at radius 1 is 1.25 bits per heavy atom. The van der Waals surface area contributed by atoms with E-state index < -0.39 is 0 Å². The highest BCUT2D eigenvalue weighted by molar-refractivity contribution is 5.48. The van der Waals surface area contributed by atoms with E-state index >= 15 is 0 Å². The van der Waals surface area contributed by atoms with Crippen LogP contribution in [-0.2, 0) is 0 Å². The van der Waals surface area contributed by atoms with Crippen LogP contribution in [-0.4, -0.2) is 10.7 Å². The molecule has 2 nitrogen and oxygen atoms in total. The fourth-order valence-electron chi connectivity index (χ4n) is 1.82. The molecule has 0 bridgehead atoms. The van der Waals surface area contributed by atoms with Gasteiger partial charge in [0.25, 0.3) is 0 Å². The van der Waals surface area contributed by atoms with Crippen LogP contribution in [0, 0.1) is 6.92 Å². The van der Waals surface area contributed by atoms with Crippen molar-refractivity contribution < 1.29 is 9.84 Å². The minimum absolute atomic E-state index is 0.187. The highest BCUT2D eigenvalue weighted by Gasteiger charge is 2.29. The molecule has 1 fully saturated rings. The lowest BCUT2D eigenvalue weighted by Crippen LogP contribution is -2.23. The van der Waals surface area contributed by atoms with E-state index in [1.165, 1.54) is 12.8 Å². The van der Waals surface area contributed by atoms with Crippen molar-refractivity contribution in [2.45, 2.75) is 52.1 Å². The average molecular weight is 220 g/mol. The van der Waals surface area contributed by atoms with Crippen molar-refractivity contribution in [3.05, 3.63) is 23.3 Å². The van der Waals surface area contributed by atoms with Gasteiger partial charge in [0.2, 0.25) is 0 Å². The zero-order valence-electron chi connectivity index (χ0n) is 10.5. The van der Waals surface area contributed by atoms with Crippen LogP contribution in [0.3, 0.4) is 0 Å². The first kappa shape index (κ1) is 11.3. The van der Waals surface area contributed by atoms with Gasteiger partial charge in [-0.1, -0.05) is 0 Å². The van der Waals surface area contributed by atoms with E-state index in [9.17, 15) is 5.11 Å². The van der Waals surface area contributed by atoms with Gasteiger partial charge in [0, 0.05) is 5.56 Å². The minimum Gasteiger partial charge on any atom is -0.508 e. The molecule has 2 rings (SSSR count). The molecule has 0 aromatic heterocycles. The summed E-state index contributed by atoms with van der Waals surface area (Å²) in [6, 6.07) is 3.82. The van der Waals surface area contributed by atoms with E-state index in [2.05, 4.69) is 0 Å². The summed E-state index contributed by atoms with van der Waals surface area (Å²) in [4.78, 5) is 0. The molecule has 1 aromatic rings. The zero-order chi connectivity index (χ0) is 11.9. The average Bonchev–Trinajstić information content (AvgIpc) is 2.91. The molecular formula is C14H20O2. The lowest BCUT2D eigenvalue weighted by Gasteiger charge is -2.24. The fraction of sp³-hybridized carbons (Fsp3) is 0.571. The molecule has 0 unspecified atom stereocenters. The smallest absolute Gasteiger partial charge is 0.124 e. The normalized spacial score (nSPS) is 16.2. The second-order valence-corrected chi connectivity index (χ2v) is 5.67. The number of aromatic hydroxyl groups is 1. The Hall–Kier alpha value is -1.18. The van der Waals surface area contributed by atoms with Gasteiger partial charge in [-0.3, -0.25) is 0 Å². The molecule has 16 heavy (non-hydrogen) atoms. The predicted octanol–water partition coefficient (Wildman–Crippen LogP) is 3.76. The molecule has 0 atom stereocenters. The van der Waals surface area contributed by atoms with Crippen molar-refractivity contribution in [1.82, 2.24) is 0 Å². The van der Waals surface area contributed by atoms with Gasteiger partial charge in [-0.05, 0) is 64.2 Å². The van der Waals surface area contributed by atoms with Crippen LogP contribution >= 0.6 is 0 Å². The summed E-state index contributed by atoms with van der Waals surface area (Å²) >= 11 is 0. The van der Waals surface area contributed by atoms with Gasteiger partial charge < -0.3 is 9.84 Å². The van der Waals surface area contributed by atoms with Crippen LogP contribution in [0.15, 0.2) is 12.1 Å². The Morgan fingerprint density at radius 3 is 2.38 bits per heavy atom. The van der Waals surface area contributed by atoms with Crippen molar-refractivity contribution in [2.75, 3.05) is 0 Å². The summed E-state index contributed by atoms with van der Waals surface area (Å²) in [5.74, 6) is 1.90. The van der Waals surface area contributed by atoms with Gasteiger partial charge in [-0.25, -0.2) is 0 Å². The van der Waals surface area contributed by atoms with E-state index in [4.69, 9.17) is 4.74 Å². The second-order valence-electron chi connectivity index (χ2n) is 5.67. The van der Waals surface area contributed by atoms with Gasteiger partial charge in [0.05, 0.1) is 0 Å². The van der Waals surface area contributed by atoms with Gasteiger partial charge in [0.1, 0.15) is 17.1 Å². The Labute approximate surface area is 97.3 Å². The molecule has 0 aliphatic heterocycles. The zero-order valence-corrected chi connectivity index (χ0v) is 10.5. The maximum absolute atomic E-state index is 9.74. The number of hydrogen-bond acceptors (Lipinski definition) is 2. The van der Waals surface area contributed by atoms with Crippen molar-refractivity contribution in [1.29, 1.82) is 0 Å². The molecule has 0 radical (unpaired) electrons. The largest absolute Gasteiger partial charge is 0.508 e. The van der Waals surface area contributed by atoms with E-state index in [1.807, 2.05) is 39.8 Å². The molecule has 0 heterocycles. The first-order chi connectivity index (χ1) is 7.37. The van der Waals surface area contributed by atoms with Crippen LogP contribution < -0.4 is 4.74 Å². The monoisotopic (exact) mass is 220 g/mol. The first-order valence-corrected chi connectivity index (χ1v) is 5.89. The quantitative estimate of drug-likeness (QED) is 0.822. The van der Waals surface area contributed by atoms with E-state index in [0.717, 1.165) is 16.9 Å². The summed E-state index contributed by atoms with van der Waals surface area (Å²) in [5.41, 5.74) is 1.86. The summed E-state index contributed by atoms with van der Waals surface area (Å²) in [6.07, 6.45) is 2.42. The molecule has 1 aliphatic rings. The van der Waals surface area contributed by atoms with Gasteiger partial charge in [-0.2, -0.15) is 0 Å². The Kier molecular flexibility index (Phi) is 2.61. The summed E-state index contributed by atoms with van der Waals surface area (Å²) in [6.45, 7) is 8.05. The van der Waals surface area contributed by atoms with E-state index in [1.54, 1.807) is 0 Å². The van der Waals surface area contributed by atoms with E-state index in [0.29, 0.717) is 11.7 Å². The molecule has 88 valence electrons. The summed E-state index contributed by atoms with van der Waals surface area (Å²) in [5, 5.41) is 9.74. The number of rotatable bonds is 2. The van der Waals surface area contributed by atoms with Crippen LogP contribution in [0.5, 0.6) is 11.5 Å². The van der Waals surface area contributed by atoms with Crippen molar-refractivity contribution in [3.8, 4) is 11.5 Å². The second kappa shape index (κ2) is 3.69. The number of ether oxygens (including phenoxy) is 1. The summed E-state index contributed by atoms with van der Waals surface area (Å²) < 4.78 is 5.96. The lowest BCUT2D eigenvalue weighted by atomic mass is 10.0. The number of hydrogen-bond donors (Lipinski definition) is 1. The third-order valence-corrected chi connectivity index (χ3v) is 2.76. The minimum atomic E-state index is -0.187. The molecule has 1 aliphatic carbocycles. The number of phenols is 1. The van der Waals surface area contributed by atoms with Crippen LogP contribution in [0.2, 0.25) is 0 Å². The number of benzene rings is 1. The molecule has 1 saturated carbocycles. The predicted molar refractivity (Wildman–Crippen MR) is 65.2 cm³/mol. The van der Waals surface area contributed by atoms with Crippen molar-refractivity contribution in [2.24, 2.45) is 0 Å². The lowest BCUT2D eigenvalue weighted by molar-refractivity contribution is 0.129. The van der Waals surface area contributed by atoms with Crippen LogP contribution in [0.25, 0.3) is 0 Å². The summed E-state index contributed by atoms with van der Waals surface area (Å²) in [7, 11) is 0. The molecule has 0 saturated heterocycles. The SMILES string of the molecule is Cc1cc(OC(C)(C)C)c(C2CC2)cc1O. The number of aryl methyl sites for hydroxylation is 1.